The Balaban J connectivity index is 1.61. The molecule has 2 N–H and O–H groups in total. The molecule has 134 valence electrons. The van der Waals surface area contributed by atoms with Crippen molar-refractivity contribution in [2.45, 2.75) is 37.2 Å². The molecular weight excluding hydrogens is 336 g/mol. The maximum atomic E-state index is 12.4. The molecule has 1 aliphatic heterocycles. The third kappa shape index (κ3) is 4.74. The van der Waals surface area contributed by atoms with Gasteiger partial charge in [0.2, 0.25) is 0 Å². The van der Waals surface area contributed by atoms with Gasteiger partial charge in [0.05, 0.1) is 11.0 Å². The predicted molar refractivity (Wildman–Crippen MR) is 101 cm³/mol. The molecule has 25 heavy (non-hydrogen) atoms. The van der Waals surface area contributed by atoms with Crippen LogP contribution in [0.15, 0.2) is 53.4 Å². The first-order valence-corrected chi connectivity index (χ1v) is 10.1. The second-order valence-electron chi connectivity index (χ2n) is 6.20. The van der Waals surface area contributed by atoms with Gasteiger partial charge in [-0.25, -0.2) is 8.42 Å². The highest BCUT2D eigenvalue weighted by molar-refractivity contribution is 7.92. The van der Waals surface area contributed by atoms with E-state index in [9.17, 15) is 8.42 Å². The normalized spacial score (nSPS) is 17.4. The summed E-state index contributed by atoms with van der Waals surface area (Å²) in [5.74, 6) is 0. The van der Waals surface area contributed by atoms with Crippen LogP contribution in [0.3, 0.4) is 0 Å². The number of hydrogen-bond donors (Lipinski definition) is 2. The van der Waals surface area contributed by atoms with Crippen molar-refractivity contribution in [1.29, 1.82) is 0 Å². The number of anilines is 2. The third-order valence-corrected chi connectivity index (χ3v) is 5.73. The number of benzene rings is 2. The van der Waals surface area contributed by atoms with Gasteiger partial charge in [-0.05, 0) is 61.2 Å². The molecule has 2 aromatic carbocycles. The van der Waals surface area contributed by atoms with E-state index in [1.165, 1.54) is 0 Å². The Morgan fingerprint density at radius 2 is 1.72 bits per heavy atom. The van der Waals surface area contributed by atoms with E-state index < -0.39 is 10.0 Å². The van der Waals surface area contributed by atoms with Crippen molar-refractivity contribution >= 4 is 21.4 Å². The SMILES string of the molecule is CCc1ccc(S(=O)(=O)Nc2ccc(NCC3CCCO3)cc2)cc1. The van der Waals surface area contributed by atoms with Crippen molar-refractivity contribution in [1.82, 2.24) is 0 Å². The first-order chi connectivity index (χ1) is 12.1. The van der Waals surface area contributed by atoms with Crippen LogP contribution in [0.5, 0.6) is 0 Å². The Bertz CT molecular complexity index is 780. The Morgan fingerprint density at radius 1 is 1.04 bits per heavy atom. The van der Waals surface area contributed by atoms with E-state index in [1.54, 1.807) is 24.3 Å². The quantitative estimate of drug-likeness (QED) is 0.791. The van der Waals surface area contributed by atoms with Crippen LogP contribution in [0, 0.1) is 0 Å². The van der Waals surface area contributed by atoms with E-state index in [-0.39, 0.29) is 11.0 Å². The van der Waals surface area contributed by atoms with Crippen molar-refractivity contribution in [3.8, 4) is 0 Å². The molecule has 0 amide bonds. The zero-order valence-corrected chi connectivity index (χ0v) is 15.2. The number of sulfonamides is 1. The summed E-state index contributed by atoms with van der Waals surface area (Å²) in [6, 6.07) is 14.2. The lowest BCUT2D eigenvalue weighted by Gasteiger charge is -2.13. The van der Waals surface area contributed by atoms with Gasteiger partial charge in [-0.2, -0.15) is 0 Å². The second-order valence-corrected chi connectivity index (χ2v) is 7.88. The van der Waals surface area contributed by atoms with Gasteiger partial charge in [0, 0.05) is 24.5 Å². The Hall–Kier alpha value is -2.05. The van der Waals surface area contributed by atoms with Gasteiger partial charge in [0.25, 0.3) is 10.0 Å². The summed E-state index contributed by atoms with van der Waals surface area (Å²) >= 11 is 0. The molecule has 0 bridgehead atoms. The topological polar surface area (TPSA) is 67.4 Å². The minimum absolute atomic E-state index is 0.268. The van der Waals surface area contributed by atoms with Crippen LogP contribution in [0.2, 0.25) is 0 Å². The molecular formula is C19H24N2O3S. The molecule has 0 aliphatic carbocycles. The van der Waals surface area contributed by atoms with Gasteiger partial charge in [-0.15, -0.1) is 0 Å². The zero-order valence-electron chi connectivity index (χ0n) is 14.4. The van der Waals surface area contributed by atoms with E-state index in [2.05, 4.69) is 10.0 Å². The van der Waals surface area contributed by atoms with E-state index in [1.807, 2.05) is 31.2 Å². The highest BCUT2D eigenvalue weighted by Crippen LogP contribution is 2.20. The maximum Gasteiger partial charge on any atom is 0.261 e. The molecule has 5 nitrogen and oxygen atoms in total. The summed E-state index contributed by atoms with van der Waals surface area (Å²) in [5.41, 5.74) is 2.61. The molecule has 6 heteroatoms. The predicted octanol–water partition coefficient (Wildman–Crippen LogP) is 3.64. The van der Waals surface area contributed by atoms with Crippen molar-refractivity contribution in [3.63, 3.8) is 0 Å². The van der Waals surface area contributed by atoms with Gasteiger partial charge in [-0.1, -0.05) is 19.1 Å². The fraction of sp³-hybridized carbons (Fsp3) is 0.368. The van der Waals surface area contributed by atoms with Crippen LogP contribution in [-0.2, 0) is 21.2 Å². The largest absolute Gasteiger partial charge is 0.382 e. The Kier molecular flexibility index (Phi) is 5.60. The molecule has 1 saturated heterocycles. The van der Waals surface area contributed by atoms with E-state index in [4.69, 9.17) is 4.74 Å². The third-order valence-electron chi connectivity index (χ3n) is 4.34. The monoisotopic (exact) mass is 360 g/mol. The molecule has 3 rings (SSSR count). The highest BCUT2D eigenvalue weighted by atomic mass is 32.2. The minimum atomic E-state index is -3.57. The van der Waals surface area contributed by atoms with Crippen LogP contribution < -0.4 is 10.0 Å². The molecule has 2 aromatic rings. The van der Waals surface area contributed by atoms with Crippen LogP contribution >= 0.6 is 0 Å². The van der Waals surface area contributed by atoms with E-state index in [0.717, 1.165) is 43.7 Å². The fourth-order valence-electron chi connectivity index (χ4n) is 2.81. The molecule has 1 unspecified atom stereocenters. The number of ether oxygens (including phenoxy) is 1. The summed E-state index contributed by atoms with van der Waals surface area (Å²) in [7, 11) is -3.57. The standard InChI is InChI=1S/C19H24N2O3S/c1-2-15-5-11-19(12-6-15)25(22,23)21-17-9-7-16(8-10-17)20-14-18-4-3-13-24-18/h5-12,18,20-21H,2-4,13-14H2,1H3. The van der Waals surface area contributed by atoms with Crippen LogP contribution in [0.25, 0.3) is 0 Å². The first kappa shape index (κ1) is 17.8. The molecule has 0 radical (unpaired) electrons. The van der Waals surface area contributed by atoms with Crippen molar-refractivity contribution in [3.05, 3.63) is 54.1 Å². The summed E-state index contributed by atoms with van der Waals surface area (Å²) in [5, 5.41) is 3.32. The van der Waals surface area contributed by atoms with Gasteiger partial charge >= 0.3 is 0 Å². The second kappa shape index (κ2) is 7.89. The zero-order chi connectivity index (χ0) is 17.7. The highest BCUT2D eigenvalue weighted by Gasteiger charge is 2.15. The Morgan fingerprint density at radius 3 is 2.32 bits per heavy atom. The van der Waals surface area contributed by atoms with Crippen molar-refractivity contribution < 1.29 is 13.2 Å². The lowest BCUT2D eigenvalue weighted by Crippen LogP contribution is -2.18. The van der Waals surface area contributed by atoms with Crippen molar-refractivity contribution in [2.75, 3.05) is 23.2 Å². The maximum absolute atomic E-state index is 12.4. The summed E-state index contributed by atoms with van der Waals surface area (Å²) in [6.45, 7) is 3.65. The smallest absolute Gasteiger partial charge is 0.261 e. The summed E-state index contributed by atoms with van der Waals surface area (Å²) < 4.78 is 33.1. The minimum Gasteiger partial charge on any atom is -0.382 e. The van der Waals surface area contributed by atoms with Crippen LogP contribution in [-0.4, -0.2) is 27.7 Å². The molecule has 1 aliphatic rings. The van der Waals surface area contributed by atoms with E-state index in [0.29, 0.717) is 5.69 Å². The van der Waals surface area contributed by atoms with Gasteiger partial charge in [0.15, 0.2) is 0 Å². The molecule has 1 fully saturated rings. The van der Waals surface area contributed by atoms with Crippen molar-refractivity contribution in [2.24, 2.45) is 0 Å². The van der Waals surface area contributed by atoms with Gasteiger partial charge in [0.1, 0.15) is 0 Å². The molecule has 1 heterocycles. The number of rotatable bonds is 7. The summed E-state index contributed by atoms with van der Waals surface area (Å²) in [4.78, 5) is 0.269. The Labute approximate surface area is 149 Å². The van der Waals surface area contributed by atoms with Crippen LogP contribution in [0.4, 0.5) is 11.4 Å². The molecule has 0 saturated carbocycles. The van der Waals surface area contributed by atoms with Crippen LogP contribution in [0.1, 0.15) is 25.3 Å². The average Bonchev–Trinajstić information content (AvgIpc) is 3.14. The average molecular weight is 360 g/mol. The lowest BCUT2D eigenvalue weighted by molar-refractivity contribution is 0.120. The fourth-order valence-corrected chi connectivity index (χ4v) is 3.87. The molecule has 1 atom stereocenters. The number of hydrogen-bond acceptors (Lipinski definition) is 4. The summed E-state index contributed by atoms with van der Waals surface area (Å²) in [6.07, 6.45) is 3.35. The number of nitrogens with one attached hydrogen (secondary N) is 2. The molecule has 0 aromatic heterocycles. The number of aryl methyl sites for hydroxylation is 1. The van der Waals surface area contributed by atoms with Gasteiger partial charge in [-0.3, -0.25) is 4.72 Å². The van der Waals surface area contributed by atoms with Gasteiger partial charge < -0.3 is 10.1 Å². The molecule has 0 spiro atoms. The lowest BCUT2D eigenvalue weighted by atomic mass is 10.2. The van der Waals surface area contributed by atoms with E-state index >= 15 is 0 Å². The first-order valence-electron chi connectivity index (χ1n) is 8.64.